The third kappa shape index (κ3) is 3.06. The molecule has 0 bridgehead atoms. The van der Waals surface area contributed by atoms with Gasteiger partial charge in [0.15, 0.2) is 5.78 Å². The van der Waals surface area contributed by atoms with Crippen LogP contribution in [0.25, 0.3) is 11.3 Å². The fraction of sp³-hybridized carbons (Fsp3) is 0.111. The van der Waals surface area contributed by atoms with Gasteiger partial charge in [-0.1, -0.05) is 6.07 Å². The molecule has 9 nitrogen and oxygen atoms in total. The summed E-state index contributed by atoms with van der Waals surface area (Å²) >= 11 is 0. The maximum Gasteiger partial charge on any atom is 0.408 e. The monoisotopic (exact) mass is 364 g/mol. The number of aromatic nitrogens is 3. The van der Waals surface area contributed by atoms with Gasteiger partial charge in [0, 0.05) is 23.7 Å². The lowest BCUT2D eigenvalue weighted by Gasteiger charge is -2.23. The van der Waals surface area contributed by atoms with Gasteiger partial charge in [-0.05, 0) is 24.3 Å². The summed E-state index contributed by atoms with van der Waals surface area (Å²) in [5, 5.41) is 12.4. The number of carbonyl (C=O) groups is 2. The first kappa shape index (κ1) is 16.6. The average molecular weight is 364 g/mol. The van der Waals surface area contributed by atoms with Gasteiger partial charge in [0.05, 0.1) is 30.0 Å². The highest BCUT2D eigenvalue weighted by Crippen LogP contribution is 2.37. The number of Topliss-reactive ketones (excluding diaryl/α,β-unsaturated/α-hetero) is 1. The fourth-order valence-electron chi connectivity index (χ4n) is 3.12. The summed E-state index contributed by atoms with van der Waals surface area (Å²) in [6, 6.07) is 8.84. The Morgan fingerprint density at radius 1 is 1.22 bits per heavy atom. The van der Waals surface area contributed by atoms with Crippen LogP contribution in [-0.2, 0) is 6.54 Å². The van der Waals surface area contributed by atoms with Crippen LogP contribution >= 0.6 is 0 Å². The van der Waals surface area contributed by atoms with Gasteiger partial charge in [-0.25, -0.2) is 14.8 Å². The van der Waals surface area contributed by atoms with Crippen LogP contribution in [0, 0.1) is 0 Å². The zero-order valence-corrected chi connectivity index (χ0v) is 14.1. The van der Waals surface area contributed by atoms with Crippen molar-refractivity contribution in [2.24, 2.45) is 0 Å². The molecule has 0 atom stereocenters. The van der Waals surface area contributed by atoms with Crippen LogP contribution in [-0.4, -0.2) is 43.4 Å². The lowest BCUT2D eigenvalue weighted by molar-refractivity contribution is 0.0874. The van der Waals surface area contributed by atoms with Gasteiger partial charge >= 0.3 is 6.09 Å². The van der Waals surface area contributed by atoms with Gasteiger partial charge in [-0.3, -0.25) is 9.69 Å². The normalized spacial score (nSPS) is 13.3. The number of aromatic amines is 1. The van der Waals surface area contributed by atoms with E-state index in [1.807, 2.05) is 6.07 Å². The van der Waals surface area contributed by atoms with Crippen molar-refractivity contribution in [1.29, 1.82) is 0 Å². The van der Waals surface area contributed by atoms with Crippen molar-refractivity contribution < 1.29 is 14.7 Å². The van der Waals surface area contributed by atoms with E-state index in [1.165, 1.54) is 0 Å². The Hall–Kier alpha value is -3.88. The number of ketones is 1. The Labute approximate surface area is 153 Å². The third-order valence-corrected chi connectivity index (χ3v) is 4.30. The standard InChI is InChI=1S/C18H16N6O3/c19-13-7-10(4-6-20-13)16-17(23-14-3-1-2-5-21-14)15-11(22-16)8-24(18(26)27)9-12(15)25/h1-7,22H,8-9H2,(H2,19,20)(H,21,23)(H,26,27). The van der Waals surface area contributed by atoms with Crippen molar-refractivity contribution in [2.45, 2.75) is 6.54 Å². The second kappa shape index (κ2) is 6.45. The van der Waals surface area contributed by atoms with E-state index < -0.39 is 6.09 Å². The zero-order chi connectivity index (χ0) is 19.0. The average Bonchev–Trinajstić information content (AvgIpc) is 3.01. The first-order valence-corrected chi connectivity index (χ1v) is 8.19. The Morgan fingerprint density at radius 2 is 2.07 bits per heavy atom. The number of H-pyrrole nitrogens is 1. The molecule has 0 fully saturated rings. The Bertz CT molecular complexity index is 1030. The number of nitrogen functional groups attached to an aromatic ring is 1. The van der Waals surface area contributed by atoms with Gasteiger partial charge < -0.3 is 21.1 Å². The lowest BCUT2D eigenvalue weighted by atomic mass is 10.0. The molecule has 1 aliphatic heterocycles. The minimum Gasteiger partial charge on any atom is -0.465 e. The Morgan fingerprint density at radius 3 is 2.78 bits per heavy atom. The summed E-state index contributed by atoms with van der Waals surface area (Å²) in [6.45, 7) is -0.108. The molecule has 4 rings (SSSR count). The summed E-state index contributed by atoms with van der Waals surface area (Å²) in [6.07, 6.45) is 2.07. The SMILES string of the molecule is Nc1cc(-c2[nH]c3c(c2Nc2ccccn2)C(=O)CN(C(=O)O)C3)ccn1. The Balaban J connectivity index is 1.86. The molecular weight excluding hydrogens is 348 g/mol. The third-order valence-electron chi connectivity index (χ3n) is 4.30. The number of nitrogens with two attached hydrogens (primary N) is 1. The van der Waals surface area contributed by atoms with Gasteiger partial charge in [0.2, 0.25) is 0 Å². The molecule has 1 aliphatic rings. The lowest BCUT2D eigenvalue weighted by Crippen LogP contribution is -2.38. The molecule has 136 valence electrons. The summed E-state index contributed by atoms with van der Waals surface area (Å²) in [7, 11) is 0. The van der Waals surface area contributed by atoms with E-state index in [1.54, 1.807) is 36.7 Å². The van der Waals surface area contributed by atoms with Crippen LogP contribution in [0.2, 0.25) is 0 Å². The molecule has 0 unspecified atom stereocenters. The van der Waals surface area contributed by atoms with E-state index in [0.29, 0.717) is 34.3 Å². The maximum absolute atomic E-state index is 12.7. The largest absolute Gasteiger partial charge is 0.465 e. The van der Waals surface area contributed by atoms with E-state index in [0.717, 1.165) is 10.5 Å². The molecule has 3 aromatic heterocycles. The van der Waals surface area contributed by atoms with Crippen molar-refractivity contribution in [2.75, 3.05) is 17.6 Å². The number of hydrogen-bond acceptors (Lipinski definition) is 6. The van der Waals surface area contributed by atoms with Gasteiger partial charge in [0.25, 0.3) is 0 Å². The van der Waals surface area contributed by atoms with Crippen LogP contribution in [0.4, 0.5) is 22.1 Å². The second-order valence-corrected chi connectivity index (χ2v) is 6.10. The van der Waals surface area contributed by atoms with Crippen LogP contribution in [0.3, 0.4) is 0 Å². The number of nitrogens with zero attached hydrogens (tertiary/aromatic N) is 3. The minimum atomic E-state index is -1.14. The van der Waals surface area contributed by atoms with Gasteiger partial charge in [-0.2, -0.15) is 0 Å². The highest BCUT2D eigenvalue weighted by Gasteiger charge is 2.32. The second-order valence-electron chi connectivity index (χ2n) is 6.10. The van der Waals surface area contributed by atoms with E-state index in [2.05, 4.69) is 20.3 Å². The molecule has 0 aromatic carbocycles. The quantitative estimate of drug-likeness (QED) is 0.560. The molecule has 3 aromatic rings. The molecule has 5 N–H and O–H groups in total. The van der Waals surface area contributed by atoms with Crippen LogP contribution in [0.5, 0.6) is 0 Å². The number of amides is 1. The molecule has 0 saturated heterocycles. The van der Waals surface area contributed by atoms with Crippen molar-refractivity contribution in [3.05, 3.63) is 54.0 Å². The number of nitrogens with one attached hydrogen (secondary N) is 2. The molecule has 0 radical (unpaired) electrons. The Kier molecular flexibility index (Phi) is 3.96. The maximum atomic E-state index is 12.7. The number of hydrogen-bond donors (Lipinski definition) is 4. The van der Waals surface area contributed by atoms with E-state index in [4.69, 9.17) is 5.73 Å². The van der Waals surface area contributed by atoms with Gasteiger partial charge in [0.1, 0.15) is 11.6 Å². The number of anilines is 3. The molecular formula is C18H16N6O3. The number of rotatable bonds is 3. The molecule has 0 saturated carbocycles. The summed E-state index contributed by atoms with van der Waals surface area (Å²) in [4.78, 5) is 36.5. The first-order valence-electron chi connectivity index (χ1n) is 8.19. The van der Waals surface area contributed by atoms with E-state index >= 15 is 0 Å². The predicted octanol–water partition coefficient (Wildman–Crippen LogP) is 2.47. The molecule has 0 aliphatic carbocycles. The molecule has 27 heavy (non-hydrogen) atoms. The summed E-state index contributed by atoms with van der Waals surface area (Å²) in [5.74, 6) is 0.611. The van der Waals surface area contributed by atoms with E-state index in [9.17, 15) is 14.7 Å². The summed E-state index contributed by atoms with van der Waals surface area (Å²) in [5.41, 5.74) is 8.66. The number of carboxylic acid groups (broad SMARTS) is 1. The van der Waals surface area contributed by atoms with Crippen molar-refractivity contribution in [3.8, 4) is 11.3 Å². The van der Waals surface area contributed by atoms with Crippen molar-refractivity contribution >= 4 is 29.2 Å². The van der Waals surface area contributed by atoms with Crippen molar-refractivity contribution in [1.82, 2.24) is 19.9 Å². The molecule has 4 heterocycles. The van der Waals surface area contributed by atoms with Crippen LogP contribution < -0.4 is 11.1 Å². The minimum absolute atomic E-state index is 0.0911. The van der Waals surface area contributed by atoms with Gasteiger partial charge in [-0.15, -0.1) is 0 Å². The fourth-order valence-corrected chi connectivity index (χ4v) is 3.12. The van der Waals surface area contributed by atoms with Crippen LogP contribution in [0.15, 0.2) is 42.7 Å². The first-order chi connectivity index (χ1) is 13.0. The van der Waals surface area contributed by atoms with E-state index in [-0.39, 0.29) is 18.9 Å². The number of pyridine rings is 2. The molecule has 1 amide bonds. The topological polar surface area (TPSA) is 137 Å². The predicted molar refractivity (Wildman–Crippen MR) is 98.7 cm³/mol. The highest BCUT2D eigenvalue weighted by molar-refractivity contribution is 6.09. The highest BCUT2D eigenvalue weighted by atomic mass is 16.4. The summed E-state index contributed by atoms with van der Waals surface area (Å²) < 4.78 is 0. The zero-order valence-electron chi connectivity index (χ0n) is 14.1. The smallest absolute Gasteiger partial charge is 0.408 e. The number of carbonyl (C=O) groups excluding carboxylic acids is 1. The molecule has 9 heteroatoms. The number of fused-ring (bicyclic) bond motifs is 1. The van der Waals surface area contributed by atoms with Crippen molar-refractivity contribution in [3.63, 3.8) is 0 Å². The van der Waals surface area contributed by atoms with Crippen LogP contribution in [0.1, 0.15) is 16.1 Å². The molecule has 0 spiro atoms.